The molecule has 0 aliphatic carbocycles. The largest absolute Gasteiger partial charge is 0.468 e. The zero-order valence-corrected chi connectivity index (χ0v) is 11.9. The SMILES string of the molecule is CN=C(C)C(C(=O)OC)C(=O)c1ccc(Br)cn1. The van der Waals surface area contributed by atoms with E-state index >= 15 is 0 Å². The Labute approximate surface area is 113 Å². The predicted octanol–water partition coefficient (Wildman–Crippen LogP) is 1.91. The van der Waals surface area contributed by atoms with Gasteiger partial charge in [-0.25, -0.2) is 0 Å². The minimum absolute atomic E-state index is 0.205. The second-order valence-electron chi connectivity index (χ2n) is 3.55. The third kappa shape index (κ3) is 3.22. The van der Waals surface area contributed by atoms with Crippen LogP contribution in [-0.4, -0.2) is 36.6 Å². The fourth-order valence-electron chi connectivity index (χ4n) is 1.38. The van der Waals surface area contributed by atoms with Crippen molar-refractivity contribution in [3.63, 3.8) is 0 Å². The number of Topliss-reactive ketones (excluding diaryl/α,β-unsaturated/α-hetero) is 1. The molecule has 0 aliphatic rings. The highest BCUT2D eigenvalue weighted by Gasteiger charge is 2.31. The van der Waals surface area contributed by atoms with Gasteiger partial charge in [0, 0.05) is 23.4 Å². The smallest absolute Gasteiger partial charge is 0.322 e. The van der Waals surface area contributed by atoms with Crippen LogP contribution in [0, 0.1) is 5.92 Å². The highest BCUT2D eigenvalue weighted by molar-refractivity contribution is 9.10. The van der Waals surface area contributed by atoms with E-state index in [9.17, 15) is 9.59 Å². The van der Waals surface area contributed by atoms with Gasteiger partial charge in [0.1, 0.15) is 5.69 Å². The van der Waals surface area contributed by atoms with Crippen LogP contribution >= 0.6 is 15.9 Å². The minimum Gasteiger partial charge on any atom is -0.468 e. The molecule has 0 amide bonds. The second kappa shape index (κ2) is 6.39. The number of ketones is 1. The van der Waals surface area contributed by atoms with E-state index < -0.39 is 17.7 Å². The summed E-state index contributed by atoms with van der Waals surface area (Å²) in [6.07, 6.45) is 1.50. The van der Waals surface area contributed by atoms with Crippen LogP contribution in [0.25, 0.3) is 0 Å². The lowest BCUT2D eigenvalue weighted by Crippen LogP contribution is -2.32. The first-order chi connectivity index (χ1) is 8.51. The van der Waals surface area contributed by atoms with Crippen LogP contribution in [0.5, 0.6) is 0 Å². The number of nitrogens with zero attached hydrogens (tertiary/aromatic N) is 2. The molecule has 1 aromatic rings. The molecule has 1 heterocycles. The van der Waals surface area contributed by atoms with Crippen LogP contribution in [0.2, 0.25) is 0 Å². The Morgan fingerprint density at radius 1 is 1.44 bits per heavy atom. The van der Waals surface area contributed by atoms with E-state index in [1.165, 1.54) is 20.4 Å². The van der Waals surface area contributed by atoms with Gasteiger partial charge in [-0.05, 0) is 35.0 Å². The van der Waals surface area contributed by atoms with Gasteiger partial charge in [-0.3, -0.25) is 19.6 Å². The first-order valence-electron chi connectivity index (χ1n) is 5.18. The number of rotatable bonds is 4. The molecule has 0 N–H and O–H groups in total. The van der Waals surface area contributed by atoms with Gasteiger partial charge in [-0.1, -0.05) is 0 Å². The molecule has 0 aromatic carbocycles. The summed E-state index contributed by atoms with van der Waals surface area (Å²) in [6.45, 7) is 1.61. The Balaban J connectivity index is 3.10. The molecule has 5 nitrogen and oxygen atoms in total. The van der Waals surface area contributed by atoms with Crippen LogP contribution in [0.4, 0.5) is 0 Å². The molecule has 0 radical (unpaired) electrons. The molecule has 1 atom stereocenters. The maximum absolute atomic E-state index is 12.2. The van der Waals surface area contributed by atoms with Crippen molar-refractivity contribution < 1.29 is 14.3 Å². The Hall–Kier alpha value is -1.56. The molecule has 18 heavy (non-hydrogen) atoms. The lowest BCUT2D eigenvalue weighted by Gasteiger charge is -2.12. The fraction of sp³-hybridized carbons (Fsp3) is 0.333. The number of hydrogen-bond donors (Lipinski definition) is 0. The first kappa shape index (κ1) is 14.5. The van der Waals surface area contributed by atoms with Gasteiger partial charge in [0.25, 0.3) is 0 Å². The summed E-state index contributed by atoms with van der Waals surface area (Å²) >= 11 is 3.23. The van der Waals surface area contributed by atoms with Crippen molar-refractivity contribution in [1.29, 1.82) is 0 Å². The van der Waals surface area contributed by atoms with Crippen LogP contribution in [-0.2, 0) is 9.53 Å². The number of carbonyl (C=O) groups excluding carboxylic acids is 2. The standard InChI is InChI=1S/C12H13BrN2O3/c1-7(14-2)10(12(17)18-3)11(16)9-5-4-8(13)6-15-9/h4-6,10H,1-3H3. The molecule has 0 saturated heterocycles. The van der Waals surface area contributed by atoms with Gasteiger partial charge >= 0.3 is 5.97 Å². The minimum atomic E-state index is -1.03. The number of esters is 1. The van der Waals surface area contributed by atoms with Crippen LogP contribution < -0.4 is 0 Å². The number of pyridine rings is 1. The summed E-state index contributed by atoms with van der Waals surface area (Å²) in [7, 11) is 2.76. The average Bonchev–Trinajstić information content (AvgIpc) is 2.39. The summed E-state index contributed by atoms with van der Waals surface area (Å²) in [5.74, 6) is -2.08. The molecule has 96 valence electrons. The highest BCUT2D eigenvalue weighted by atomic mass is 79.9. The molecule has 1 aromatic heterocycles. The molecule has 0 bridgehead atoms. The Kier molecular flexibility index (Phi) is 5.15. The van der Waals surface area contributed by atoms with E-state index in [-0.39, 0.29) is 5.69 Å². The Morgan fingerprint density at radius 3 is 2.56 bits per heavy atom. The lowest BCUT2D eigenvalue weighted by molar-refractivity contribution is -0.141. The van der Waals surface area contributed by atoms with Crippen molar-refractivity contribution in [2.45, 2.75) is 6.92 Å². The highest BCUT2D eigenvalue weighted by Crippen LogP contribution is 2.14. The van der Waals surface area contributed by atoms with Crippen molar-refractivity contribution in [1.82, 2.24) is 4.98 Å². The summed E-state index contributed by atoms with van der Waals surface area (Å²) in [5, 5.41) is 0. The Morgan fingerprint density at radius 2 is 2.11 bits per heavy atom. The van der Waals surface area contributed by atoms with Crippen LogP contribution in [0.15, 0.2) is 27.8 Å². The molecule has 0 fully saturated rings. The molecular weight excluding hydrogens is 300 g/mol. The monoisotopic (exact) mass is 312 g/mol. The number of aliphatic imine (C=N–C) groups is 1. The number of methoxy groups -OCH3 is 1. The molecule has 0 aliphatic heterocycles. The Bertz CT molecular complexity index is 483. The summed E-state index contributed by atoms with van der Waals surface area (Å²) in [4.78, 5) is 31.7. The molecular formula is C12H13BrN2O3. The quantitative estimate of drug-likeness (QED) is 0.368. The summed E-state index contributed by atoms with van der Waals surface area (Å²) in [5.41, 5.74) is 0.605. The van der Waals surface area contributed by atoms with Gasteiger partial charge in [0.15, 0.2) is 5.92 Å². The van der Waals surface area contributed by atoms with E-state index in [0.29, 0.717) is 5.71 Å². The van der Waals surface area contributed by atoms with Crippen molar-refractivity contribution in [3.8, 4) is 0 Å². The van der Waals surface area contributed by atoms with Crippen molar-refractivity contribution in [2.24, 2.45) is 10.9 Å². The lowest BCUT2D eigenvalue weighted by atomic mass is 9.96. The third-order valence-corrected chi connectivity index (χ3v) is 2.92. The van der Waals surface area contributed by atoms with Crippen LogP contribution in [0.1, 0.15) is 17.4 Å². The third-order valence-electron chi connectivity index (χ3n) is 2.45. The van der Waals surface area contributed by atoms with Gasteiger partial charge in [-0.15, -0.1) is 0 Å². The van der Waals surface area contributed by atoms with Gasteiger partial charge in [0.2, 0.25) is 5.78 Å². The van der Waals surface area contributed by atoms with Crippen molar-refractivity contribution >= 4 is 33.4 Å². The van der Waals surface area contributed by atoms with E-state index in [1.807, 2.05) is 0 Å². The number of aromatic nitrogens is 1. The van der Waals surface area contributed by atoms with Gasteiger partial charge < -0.3 is 4.74 Å². The van der Waals surface area contributed by atoms with Crippen LogP contribution in [0.3, 0.4) is 0 Å². The molecule has 1 rings (SSSR count). The van der Waals surface area contributed by atoms with E-state index in [4.69, 9.17) is 0 Å². The van der Waals surface area contributed by atoms with E-state index in [0.717, 1.165) is 4.47 Å². The normalized spacial score (nSPS) is 13.0. The fourth-order valence-corrected chi connectivity index (χ4v) is 1.62. The zero-order chi connectivity index (χ0) is 13.7. The maximum atomic E-state index is 12.2. The van der Waals surface area contributed by atoms with E-state index in [1.54, 1.807) is 19.1 Å². The molecule has 6 heteroatoms. The molecule has 0 spiro atoms. The second-order valence-corrected chi connectivity index (χ2v) is 4.46. The van der Waals surface area contributed by atoms with Gasteiger partial charge in [0.05, 0.1) is 7.11 Å². The number of hydrogen-bond acceptors (Lipinski definition) is 5. The summed E-state index contributed by atoms with van der Waals surface area (Å²) in [6, 6.07) is 3.23. The first-order valence-corrected chi connectivity index (χ1v) is 5.97. The number of carbonyl (C=O) groups is 2. The number of ether oxygens (including phenoxy) is 1. The van der Waals surface area contributed by atoms with Crippen molar-refractivity contribution in [3.05, 3.63) is 28.5 Å². The number of halogens is 1. The topological polar surface area (TPSA) is 68.6 Å². The summed E-state index contributed by atoms with van der Waals surface area (Å²) < 4.78 is 5.38. The molecule has 1 unspecified atom stereocenters. The van der Waals surface area contributed by atoms with Gasteiger partial charge in [-0.2, -0.15) is 0 Å². The average molecular weight is 313 g/mol. The maximum Gasteiger partial charge on any atom is 0.322 e. The van der Waals surface area contributed by atoms with Crippen molar-refractivity contribution in [2.75, 3.05) is 14.2 Å². The molecule has 0 saturated carbocycles. The van der Waals surface area contributed by atoms with E-state index in [2.05, 4.69) is 30.6 Å². The zero-order valence-electron chi connectivity index (χ0n) is 10.3. The predicted molar refractivity (Wildman–Crippen MR) is 70.8 cm³/mol.